The Balaban J connectivity index is 2.32. The molecule has 0 aromatic heterocycles. The molecule has 0 unspecified atom stereocenters. The fourth-order valence-corrected chi connectivity index (χ4v) is 1.10. The van der Waals surface area contributed by atoms with Gasteiger partial charge in [-0.25, -0.2) is 0 Å². The van der Waals surface area contributed by atoms with Crippen molar-refractivity contribution in [3.8, 4) is 5.75 Å². The Bertz CT molecular complexity index is 328. The Kier molecular flexibility index (Phi) is 4.42. The third kappa shape index (κ3) is 4.88. The second-order valence-corrected chi connectivity index (χ2v) is 2.95. The van der Waals surface area contributed by atoms with Crippen LogP contribution in [-0.4, -0.2) is 26.6 Å². The van der Waals surface area contributed by atoms with Gasteiger partial charge in [0, 0.05) is 18.3 Å². The van der Waals surface area contributed by atoms with E-state index in [1.807, 2.05) is 0 Å². The molecule has 0 aliphatic heterocycles. The first kappa shape index (κ1) is 12.6. The quantitative estimate of drug-likeness (QED) is 0.796. The van der Waals surface area contributed by atoms with Crippen LogP contribution in [0.25, 0.3) is 0 Å². The number of hydrogen-bond donors (Lipinski definition) is 1. The first-order chi connectivity index (χ1) is 7.51. The number of hydrogen-bond acceptors (Lipinski definition) is 3. The van der Waals surface area contributed by atoms with E-state index in [4.69, 9.17) is 4.74 Å². The van der Waals surface area contributed by atoms with E-state index in [2.05, 4.69) is 10.1 Å². The zero-order chi connectivity index (χ0) is 12.0. The van der Waals surface area contributed by atoms with Crippen molar-refractivity contribution in [2.75, 3.05) is 25.6 Å². The third-order valence-corrected chi connectivity index (χ3v) is 1.77. The van der Waals surface area contributed by atoms with Gasteiger partial charge in [-0.15, -0.1) is 13.2 Å². The van der Waals surface area contributed by atoms with Gasteiger partial charge in [-0.3, -0.25) is 4.74 Å². The molecule has 90 valence electrons. The zero-order valence-electron chi connectivity index (χ0n) is 8.67. The van der Waals surface area contributed by atoms with Crippen molar-refractivity contribution in [1.82, 2.24) is 0 Å². The molecule has 0 bridgehead atoms. The molecule has 3 nitrogen and oxygen atoms in total. The number of benzene rings is 1. The highest BCUT2D eigenvalue weighted by Crippen LogP contribution is 2.17. The lowest BCUT2D eigenvalue weighted by Crippen LogP contribution is -2.19. The highest BCUT2D eigenvalue weighted by atomic mass is 19.4. The first-order valence-corrected chi connectivity index (χ1v) is 4.60. The van der Waals surface area contributed by atoms with Gasteiger partial charge < -0.3 is 10.1 Å². The Morgan fingerprint density at radius 1 is 1.31 bits per heavy atom. The summed E-state index contributed by atoms with van der Waals surface area (Å²) in [6.45, 7) is -0.354. The molecule has 1 rings (SSSR count). The summed E-state index contributed by atoms with van der Waals surface area (Å²) in [7, 11) is 1.52. The molecule has 6 heteroatoms. The normalized spacial score (nSPS) is 11.2. The van der Waals surface area contributed by atoms with Crippen molar-refractivity contribution in [2.24, 2.45) is 0 Å². The molecule has 1 aromatic carbocycles. The van der Waals surface area contributed by atoms with Crippen molar-refractivity contribution in [3.63, 3.8) is 0 Å². The fraction of sp³-hybridized carbons (Fsp3) is 0.400. The molecule has 0 amide bonds. The van der Waals surface area contributed by atoms with Crippen LogP contribution >= 0.6 is 0 Å². The Labute approximate surface area is 91.2 Å². The molecule has 0 fully saturated rings. The van der Waals surface area contributed by atoms with Gasteiger partial charge in [-0.05, 0) is 12.1 Å². The van der Waals surface area contributed by atoms with Gasteiger partial charge >= 0.3 is 6.36 Å². The second-order valence-electron chi connectivity index (χ2n) is 2.95. The average Bonchev–Trinajstić information content (AvgIpc) is 2.23. The lowest BCUT2D eigenvalue weighted by atomic mass is 10.3. The highest BCUT2D eigenvalue weighted by molar-refractivity contribution is 5.47. The smallest absolute Gasteiger partial charge is 0.497 e. The molecule has 0 spiro atoms. The van der Waals surface area contributed by atoms with Crippen LogP contribution in [0.5, 0.6) is 5.75 Å². The predicted octanol–water partition coefficient (Wildman–Crippen LogP) is 2.64. The SMILES string of the molecule is COc1cccc(NCCOC(F)(F)F)c1. The van der Waals surface area contributed by atoms with Crippen LogP contribution in [0.15, 0.2) is 24.3 Å². The van der Waals surface area contributed by atoms with Crippen LogP contribution < -0.4 is 10.1 Å². The molecular formula is C10H12F3NO2. The number of methoxy groups -OCH3 is 1. The van der Waals surface area contributed by atoms with Crippen molar-refractivity contribution >= 4 is 5.69 Å². The maximum absolute atomic E-state index is 11.6. The molecule has 0 aliphatic carbocycles. The molecular weight excluding hydrogens is 223 g/mol. The van der Waals surface area contributed by atoms with Gasteiger partial charge in [0.1, 0.15) is 5.75 Å². The Morgan fingerprint density at radius 3 is 2.69 bits per heavy atom. The fourth-order valence-electron chi connectivity index (χ4n) is 1.10. The summed E-state index contributed by atoms with van der Waals surface area (Å²) in [4.78, 5) is 0. The molecule has 0 aliphatic rings. The number of nitrogens with one attached hydrogen (secondary N) is 1. The topological polar surface area (TPSA) is 30.5 Å². The second kappa shape index (κ2) is 5.60. The van der Waals surface area contributed by atoms with Gasteiger partial charge in [0.05, 0.1) is 13.7 Å². The molecule has 1 aromatic rings. The minimum Gasteiger partial charge on any atom is -0.497 e. The average molecular weight is 235 g/mol. The summed E-state index contributed by atoms with van der Waals surface area (Å²) in [6.07, 6.45) is -4.57. The summed E-state index contributed by atoms with van der Waals surface area (Å²) in [5.74, 6) is 0.640. The predicted molar refractivity (Wildman–Crippen MR) is 53.5 cm³/mol. The van der Waals surface area contributed by atoms with Crippen LogP contribution in [-0.2, 0) is 4.74 Å². The highest BCUT2D eigenvalue weighted by Gasteiger charge is 2.28. The van der Waals surface area contributed by atoms with Gasteiger partial charge in [0.2, 0.25) is 0 Å². The molecule has 0 heterocycles. The summed E-state index contributed by atoms with van der Waals surface area (Å²) in [5, 5.41) is 2.79. The number of halogens is 3. The Morgan fingerprint density at radius 2 is 2.06 bits per heavy atom. The lowest BCUT2D eigenvalue weighted by molar-refractivity contribution is -0.322. The molecule has 16 heavy (non-hydrogen) atoms. The summed E-state index contributed by atoms with van der Waals surface area (Å²) in [6, 6.07) is 6.91. The standard InChI is InChI=1S/C10H12F3NO2/c1-15-9-4-2-3-8(7-9)14-5-6-16-10(11,12)13/h2-4,7,14H,5-6H2,1H3. The maximum Gasteiger partial charge on any atom is 0.522 e. The van der Waals surface area contributed by atoms with Gasteiger partial charge in [0.25, 0.3) is 0 Å². The monoisotopic (exact) mass is 235 g/mol. The summed E-state index contributed by atoms with van der Waals surface area (Å²) >= 11 is 0. The minimum absolute atomic E-state index is 0.0761. The zero-order valence-corrected chi connectivity index (χ0v) is 8.67. The van der Waals surface area contributed by atoms with E-state index < -0.39 is 13.0 Å². The number of alkyl halides is 3. The van der Waals surface area contributed by atoms with Gasteiger partial charge in [0.15, 0.2) is 0 Å². The number of rotatable bonds is 5. The van der Waals surface area contributed by atoms with Crippen molar-refractivity contribution in [2.45, 2.75) is 6.36 Å². The third-order valence-electron chi connectivity index (χ3n) is 1.77. The van der Waals surface area contributed by atoms with E-state index in [-0.39, 0.29) is 6.54 Å². The van der Waals surface area contributed by atoms with E-state index in [0.717, 1.165) is 0 Å². The van der Waals surface area contributed by atoms with Crippen LogP contribution in [0.4, 0.5) is 18.9 Å². The first-order valence-electron chi connectivity index (χ1n) is 4.60. The van der Waals surface area contributed by atoms with E-state index in [9.17, 15) is 13.2 Å². The molecule has 0 atom stereocenters. The van der Waals surface area contributed by atoms with Gasteiger partial charge in [-0.2, -0.15) is 0 Å². The summed E-state index contributed by atoms with van der Waals surface area (Å²) < 4.78 is 43.5. The van der Waals surface area contributed by atoms with Crippen molar-refractivity contribution < 1.29 is 22.6 Å². The van der Waals surface area contributed by atoms with Crippen molar-refractivity contribution in [1.29, 1.82) is 0 Å². The van der Waals surface area contributed by atoms with Gasteiger partial charge in [-0.1, -0.05) is 6.07 Å². The van der Waals surface area contributed by atoms with E-state index in [1.165, 1.54) is 7.11 Å². The molecule has 1 N–H and O–H groups in total. The van der Waals surface area contributed by atoms with E-state index in [1.54, 1.807) is 24.3 Å². The van der Waals surface area contributed by atoms with E-state index in [0.29, 0.717) is 11.4 Å². The number of anilines is 1. The molecule has 0 saturated heterocycles. The maximum atomic E-state index is 11.6. The van der Waals surface area contributed by atoms with E-state index >= 15 is 0 Å². The van der Waals surface area contributed by atoms with Crippen LogP contribution in [0, 0.1) is 0 Å². The summed E-state index contributed by atoms with van der Waals surface area (Å²) in [5.41, 5.74) is 0.685. The van der Waals surface area contributed by atoms with Crippen molar-refractivity contribution in [3.05, 3.63) is 24.3 Å². The largest absolute Gasteiger partial charge is 0.522 e. The molecule has 0 radical (unpaired) electrons. The van der Waals surface area contributed by atoms with Crippen LogP contribution in [0.3, 0.4) is 0 Å². The number of ether oxygens (including phenoxy) is 2. The Hall–Kier alpha value is -1.43. The minimum atomic E-state index is -4.57. The van der Waals surface area contributed by atoms with Crippen LogP contribution in [0.1, 0.15) is 0 Å². The molecule has 0 saturated carbocycles. The lowest BCUT2D eigenvalue weighted by Gasteiger charge is -2.09. The van der Waals surface area contributed by atoms with Crippen LogP contribution in [0.2, 0.25) is 0 Å².